The molecule has 1 N–H and O–H groups in total. The zero-order chi connectivity index (χ0) is 19.5. The van der Waals surface area contributed by atoms with Gasteiger partial charge in [-0.05, 0) is 55.0 Å². The Hall–Kier alpha value is -2.86. The van der Waals surface area contributed by atoms with E-state index in [0.29, 0.717) is 16.4 Å². The molecule has 5 rings (SSSR count). The number of hydrogen-bond acceptors (Lipinski definition) is 3. The number of pyridine rings is 1. The van der Waals surface area contributed by atoms with E-state index in [-0.39, 0.29) is 12.5 Å². The fourth-order valence-electron chi connectivity index (χ4n) is 4.17. The topological polar surface area (TPSA) is 66.7 Å². The summed E-state index contributed by atoms with van der Waals surface area (Å²) >= 11 is 6.01. The molecule has 0 unspecified atom stereocenters. The van der Waals surface area contributed by atoms with Gasteiger partial charge in [-0.2, -0.15) is 0 Å². The first kappa shape index (κ1) is 17.3. The number of benzene rings is 1. The zero-order valence-corrected chi connectivity index (χ0v) is 16.2. The van der Waals surface area contributed by atoms with Gasteiger partial charge < -0.3 is 9.72 Å². The second-order valence-electron chi connectivity index (χ2n) is 7.63. The van der Waals surface area contributed by atoms with E-state index in [4.69, 9.17) is 11.6 Å². The minimum absolute atomic E-state index is 0.116. The first-order valence-electron chi connectivity index (χ1n) is 9.33. The third kappa shape index (κ3) is 2.59. The molecule has 3 amide bonds. The van der Waals surface area contributed by atoms with E-state index >= 15 is 0 Å². The molecule has 3 aromatic rings. The van der Waals surface area contributed by atoms with Gasteiger partial charge in [0.05, 0.1) is 17.3 Å². The van der Waals surface area contributed by atoms with Crippen LogP contribution in [0.2, 0.25) is 5.02 Å². The Morgan fingerprint density at radius 1 is 1.14 bits per heavy atom. The van der Waals surface area contributed by atoms with E-state index in [1.165, 1.54) is 16.0 Å². The van der Waals surface area contributed by atoms with Crippen molar-refractivity contribution in [3.63, 3.8) is 0 Å². The lowest BCUT2D eigenvalue weighted by Gasteiger charge is -2.23. The normalized spacial score (nSPS) is 21.4. The molecule has 1 fully saturated rings. The van der Waals surface area contributed by atoms with Gasteiger partial charge in [0.25, 0.3) is 5.91 Å². The van der Waals surface area contributed by atoms with Crippen molar-refractivity contribution >= 4 is 29.2 Å². The summed E-state index contributed by atoms with van der Waals surface area (Å²) in [5, 5.41) is 3.48. The first-order valence-corrected chi connectivity index (χ1v) is 9.71. The smallest absolute Gasteiger partial charge is 0.319 e. The van der Waals surface area contributed by atoms with Crippen molar-refractivity contribution in [3.8, 4) is 0 Å². The Labute approximate surface area is 167 Å². The fourth-order valence-corrected chi connectivity index (χ4v) is 4.34. The lowest BCUT2D eigenvalue weighted by atomic mass is 9.89. The summed E-state index contributed by atoms with van der Waals surface area (Å²) in [5.74, 6) is -0.259. The summed E-state index contributed by atoms with van der Waals surface area (Å²) in [7, 11) is 0. The van der Waals surface area contributed by atoms with Crippen molar-refractivity contribution < 1.29 is 9.59 Å². The molecule has 6 nitrogen and oxygen atoms in total. The number of urea groups is 1. The Bertz CT molecular complexity index is 1140. The van der Waals surface area contributed by atoms with Crippen LogP contribution in [0.3, 0.4) is 0 Å². The van der Waals surface area contributed by atoms with E-state index in [1.807, 2.05) is 6.07 Å². The van der Waals surface area contributed by atoms with Gasteiger partial charge in [0.2, 0.25) is 0 Å². The van der Waals surface area contributed by atoms with E-state index in [9.17, 15) is 9.59 Å². The molecular weight excluding hydrogens is 376 g/mol. The summed E-state index contributed by atoms with van der Waals surface area (Å²) in [6.07, 6.45) is 6.77. The molecular formula is C21H19ClN4O2. The zero-order valence-electron chi connectivity index (χ0n) is 15.4. The Balaban J connectivity index is 1.45. The van der Waals surface area contributed by atoms with Crippen LogP contribution in [-0.2, 0) is 29.7 Å². The second-order valence-corrected chi connectivity index (χ2v) is 8.06. The third-order valence-corrected chi connectivity index (χ3v) is 5.96. The molecule has 3 heterocycles. The van der Waals surface area contributed by atoms with Gasteiger partial charge in [0.1, 0.15) is 11.2 Å². The van der Waals surface area contributed by atoms with Gasteiger partial charge in [-0.1, -0.05) is 29.8 Å². The maximum atomic E-state index is 13.2. The monoisotopic (exact) mass is 394 g/mol. The lowest BCUT2D eigenvalue weighted by molar-refractivity contribution is -0.131. The predicted octanol–water partition coefficient (Wildman–Crippen LogP) is 3.44. The van der Waals surface area contributed by atoms with Crippen molar-refractivity contribution in [3.05, 3.63) is 70.1 Å². The predicted molar refractivity (Wildman–Crippen MR) is 105 cm³/mol. The van der Waals surface area contributed by atoms with Gasteiger partial charge in [0, 0.05) is 12.4 Å². The quantitative estimate of drug-likeness (QED) is 0.692. The summed E-state index contributed by atoms with van der Waals surface area (Å²) < 4.78 is 1.79. The summed E-state index contributed by atoms with van der Waals surface area (Å²) in [5.41, 5.74) is 3.73. The van der Waals surface area contributed by atoms with Crippen LogP contribution in [-0.4, -0.2) is 26.2 Å². The molecule has 142 valence electrons. The van der Waals surface area contributed by atoms with Crippen LogP contribution in [0.15, 0.2) is 42.7 Å². The molecule has 2 aromatic heterocycles. The molecule has 7 heteroatoms. The number of hydrogen-bond donors (Lipinski definition) is 1. The minimum Gasteiger partial charge on any atom is -0.319 e. The summed E-state index contributed by atoms with van der Waals surface area (Å²) in [6, 6.07) is 9.26. The van der Waals surface area contributed by atoms with Crippen molar-refractivity contribution in [1.82, 2.24) is 19.6 Å². The van der Waals surface area contributed by atoms with Crippen LogP contribution in [0.1, 0.15) is 35.7 Å². The molecule has 0 radical (unpaired) electrons. The van der Waals surface area contributed by atoms with Crippen LogP contribution in [0, 0.1) is 0 Å². The van der Waals surface area contributed by atoms with Crippen LogP contribution in [0.4, 0.5) is 4.79 Å². The number of rotatable bonds is 3. The van der Waals surface area contributed by atoms with Crippen molar-refractivity contribution in [2.45, 2.75) is 38.3 Å². The van der Waals surface area contributed by atoms with E-state index in [0.717, 1.165) is 24.8 Å². The SMILES string of the molecule is C[C@]1(c2ccc3c(c2)CCC3)NC(=O)N(Cc2cn3cc(Cl)ccc3n2)C1=O. The number of imidazole rings is 1. The fraction of sp³-hybridized carbons (Fsp3) is 0.286. The molecule has 0 bridgehead atoms. The highest BCUT2D eigenvalue weighted by Gasteiger charge is 2.49. The molecule has 2 aliphatic rings. The van der Waals surface area contributed by atoms with Crippen LogP contribution in [0.25, 0.3) is 5.65 Å². The van der Waals surface area contributed by atoms with Crippen LogP contribution in [0.5, 0.6) is 0 Å². The third-order valence-electron chi connectivity index (χ3n) is 5.74. The van der Waals surface area contributed by atoms with Gasteiger partial charge in [-0.3, -0.25) is 9.69 Å². The number of carbonyl (C=O) groups is 2. The van der Waals surface area contributed by atoms with Gasteiger partial charge in [-0.15, -0.1) is 0 Å². The van der Waals surface area contributed by atoms with Gasteiger partial charge >= 0.3 is 6.03 Å². The molecule has 0 saturated carbocycles. The summed E-state index contributed by atoms with van der Waals surface area (Å²) in [6.45, 7) is 1.89. The van der Waals surface area contributed by atoms with E-state index in [1.54, 1.807) is 35.9 Å². The number of aryl methyl sites for hydroxylation is 2. The highest BCUT2D eigenvalue weighted by Crippen LogP contribution is 2.33. The van der Waals surface area contributed by atoms with Gasteiger partial charge in [0.15, 0.2) is 0 Å². The summed E-state index contributed by atoms with van der Waals surface area (Å²) in [4.78, 5) is 31.5. The minimum atomic E-state index is -1.06. The highest BCUT2D eigenvalue weighted by atomic mass is 35.5. The largest absolute Gasteiger partial charge is 0.325 e. The maximum absolute atomic E-state index is 13.2. The maximum Gasteiger partial charge on any atom is 0.325 e. The Morgan fingerprint density at radius 2 is 1.96 bits per heavy atom. The van der Waals surface area contributed by atoms with Crippen molar-refractivity contribution in [2.75, 3.05) is 0 Å². The number of imide groups is 1. The van der Waals surface area contributed by atoms with Gasteiger partial charge in [-0.25, -0.2) is 9.78 Å². The highest BCUT2D eigenvalue weighted by molar-refractivity contribution is 6.30. The second kappa shape index (κ2) is 6.07. The average Bonchev–Trinajstić information content (AvgIpc) is 3.34. The molecule has 1 atom stereocenters. The molecule has 1 aliphatic carbocycles. The van der Waals surface area contributed by atoms with E-state index in [2.05, 4.69) is 22.4 Å². The van der Waals surface area contributed by atoms with Crippen LogP contribution >= 0.6 is 11.6 Å². The molecule has 28 heavy (non-hydrogen) atoms. The lowest BCUT2D eigenvalue weighted by Crippen LogP contribution is -2.41. The number of amides is 3. The average molecular weight is 395 g/mol. The standard InChI is InChI=1S/C21H19ClN4O2/c1-21(15-6-5-13-3-2-4-14(13)9-15)19(27)26(20(28)24-21)12-17-11-25-10-16(22)7-8-18(25)23-17/h5-11H,2-4,12H2,1H3,(H,24,28)/t21-/m1/s1. The molecule has 0 spiro atoms. The number of fused-ring (bicyclic) bond motifs is 2. The number of aromatic nitrogens is 2. The van der Waals surface area contributed by atoms with Crippen molar-refractivity contribution in [1.29, 1.82) is 0 Å². The molecule has 1 saturated heterocycles. The molecule has 1 aliphatic heterocycles. The molecule has 1 aromatic carbocycles. The number of nitrogens with one attached hydrogen (secondary N) is 1. The Morgan fingerprint density at radius 3 is 2.82 bits per heavy atom. The van der Waals surface area contributed by atoms with Crippen LogP contribution < -0.4 is 5.32 Å². The van der Waals surface area contributed by atoms with Crippen molar-refractivity contribution in [2.24, 2.45) is 0 Å². The number of nitrogens with zero attached hydrogens (tertiary/aromatic N) is 3. The Kier molecular flexibility index (Phi) is 3.74. The van der Waals surface area contributed by atoms with E-state index < -0.39 is 11.6 Å². The number of carbonyl (C=O) groups excluding carboxylic acids is 2. The first-order chi connectivity index (χ1) is 13.4. The number of halogens is 1.